The summed E-state index contributed by atoms with van der Waals surface area (Å²) in [7, 11) is -0.634. The number of hydrogen-bond donors (Lipinski definition) is 1. The summed E-state index contributed by atoms with van der Waals surface area (Å²) < 4.78 is 37.8. The van der Waals surface area contributed by atoms with Crippen molar-refractivity contribution >= 4 is 32.9 Å². The molecule has 0 aliphatic rings. The van der Waals surface area contributed by atoms with E-state index in [2.05, 4.69) is 24.8 Å². The number of imidazole rings is 1. The normalized spacial score (nSPS) is 12.3. The monoisotopic (exact) mass is 489 g/mol. The van der Waals surface area contributed by atoms with E-state index in [9.17, 15) is 13.2 Å². The Balaban J connectivity index is 1.74. The van der Waals surface area contributed by atoms with E-state index in [1.165, 1.54) is 29.5 Å². The standard InChI is InChI=1S/C20H23N7O4S2/c1-20(2,3)33(29,30)16-10-27-14(8-21-18(27)7-15(16)31-5)12-6-13(26(4)24-12)19(28)22-9-17-23-11-32-25-17/h6-8,10-11H,9H2,1-5H3,(H,22,28). The Morgan fingerprint density at radius 2 is 2.00 bits per heavy atom. The van der Waals surface area contributed by atoms with Crippen molar-refractivity contribution in [2.45, 2.75) is 37.0 Å². The molecule has 0 spiro atoms. The van der Waals surface area contributed by atoms with Crippen LogP contribution in [0.3, 0.4) is 0 Å². The highest BCUT2D eigenvalue weighted by molar-refractivity contribution is 7.92. The van der Waals surface area contributed by atoms with E-state index in [1.807, 2.05) is 0 Å². The van der Waals surface area contributed by atoms with E-state index in [0.29, 0.717) is 28.6 Å². The second-order valence-electron chi connectivity index (χ2n) is 8.26. The molecule has 0 unspecified atom stereocenters. The largest absolute Gasteiger partial charge is 0.495 e. The quantitative estimate of drug-likeness (QED) is 0.435. The SMILES string of the molecule is COc1cc2ncc(-c3cc(C(=O)NCc4ncsn4)n(C)n3)n2cc1S(=O)(=O)C(C)(C)C. The number of methoxy groups -OCH3 is 1. The second-order valence-corrected chi connectivity index (χ2v) is 11.5. The second kappa shape index (κ2) is 8.23. The molecule has 4 aromatic rings. The maximum atomic E-state index is 13.2. The molecule has 0 fully saturated rings. The van der Waals surface area contributed by atoms with Crippen LogP contribution in [0.2, 0.25) is 0 Å². The van der Waals surface area contributed by atoms with Crippen LogP contribution in [0.4, 0.5) is 0 Å². The summed E-state index contributed by atoms with van der Waals surface area (Å²) >= 11 is 1.21. The minimum atomic E-state index is -3.71. The van der Waals surface area contributed by atoms with Gasteiger partial charge in [-0.3, -0.25) is 13.9 Å². The van der Waals surface area contributed by atoms with E-state index in [4.69, 9.17) is 4.74 Å². The highest BCUT2D eigenvalue weighted by Crippen LogP contribution is 2.34. The number of amides is 1. The van der Waals surface area contributed by atoms with Crippen LogP contribution in [0.1, 0.15) is 37.1 Å². The molecule has 0 aliphatic heterocycles. The lowest BCUT2D eigenvalue weighted by Gasteiger charge is -2.21. The smallest absolute Gasteiger partial charge is 0.269 e. The van der Waals surface area contributed by atoms with Crippen LogP contribution in [0.25, 0.3) is 17.0 Å². The lowest BCUT2D eigenvalue weighted by molar-refractivity contribution is 0.0940. The summed E-state index contributed by atoms with van der Waals surface area (Å²) in [6.07, 6.45) is 3.06. The van der Waals surface area contributed by atoms with Crippen molar-refractivity contribution in [3.63, 3.8) is 0 Å². The maximum Gasteiger partial charge on any atom is 0.269 e. The molecule has 4 rings (SSSR count). The van der Waals surface area contributed by atoms with Crippen molar-refractivity contribution in [3.8, 4) is 17.1 Å². The third kappa shape index (κ3) is 4.09. The van der Waals surface area contributed by atoms with Gasteiger partial charge in [-0.25, -0.2) is 18.4 Å². The Morgan fingerprint density at radius 3 is 2.64 bits per heavy atom. The first-order chi connectivity index (χ1) is 15.5. The van der Waals surface area contributed by atoms with Crippen LogP contribution in [0.15, 0.2) is 34.9 Å². The van der Waals surface area contributed by atoms with Crippen molar-refractivity contribution in [2.24, 2.45) is 7.05 Å². The lowest BCUT2D eigenvalue weighted by atomic mass is 10.3. The van der Waals surface area contributed by atoms with Gasteiger partial charge in [0.05, 0.1) is 30.3 Å². The molecular weight excluding hydrogens is 466 g/mol. The molecule has 0 aromatic carbocycles. The van der Waals surface area contributed by atoms with Crippen molar-refractivity contribution in [1.82, 2.24) is 33.8 Å². The number of sulfone groups is 1. The lowest BCUT2D eigenvalue weighted by Crippen LogP contribution is -2.28. The highest BCUT2D eigenvalue weighted by atomic mass is 32.2. The summed E-state index contributed by atoms with van der Waals surface area (Å²) in [5.74, 6) is 0.405. The van der Waals surface area contributed by atoms with E-state index < -0.39 is 14.6 Å². The molecule has 0 saturated carbocycles. The topological polar surface area (TPSA) is 133 Å². The van der Waals surface area contributed by atoms with Gasteiger partial charge >= 0.3 is 0 Å². The van der Waals surface area contributed by atoms with Gasteiger partial charge in [0, 0.05) is 19.3 Å². The van der Waals surface area contributed by atoms with Gasteiger partial charge in [0.15, 0.2) is 15.7 Å². The predicted molar refractivity (Wildman–Crippen MR) is 122 cm³/mol. The van der Waals surface area contributed by atoms with Crippen LogP contribution in [0.5, 0.6) is 5.75 Å². The number of carbonyl (C=O) groups excluding carboxylic acids is 1. The third-order valence-corrected chi connectivity index (χ3v) is 8.09. The summed E-state index contributed by atoms with van der Waals surface area (Å²) in [4.78, 5) is 21.1. The molecule has 33 heavy (non-hydrogen) atoms. The van der Waals surface area contributed by atoms with Gasteiger partial charge in [-0.2, -0.15) is 9.47 Å². The number of hydrogen-bond acceptors (Lipinski definition) is 9. The zero-order valence-electron chi connectivity index (χ0n) is 18.7. The minimum absolute atomic E-state index is 0.0499. The van der Waals surface area contributed by atoms with E-state index >= 15 is 0 Å². The number of aromatic nitrogens is 6. The van der Waals surface area contributed by atoms with Crippen LogP contribution in [-0.2, 0) is 23.4 Å². The molecule has 4 aromatic heterocycles. The van der Waals surface area contributed by atoms with Crippen LogP contribution in [-0.4, -0.2) is 54.7 Å². The van der Waals surface area contributed by atoms with Crippen LogP contribution >= 0.6 is 11.5 Å². The fraction of sp³-hybridized carbons (Fsp3) is 0.350. The molecule has 1 N–H and O–H groups in total. The van der Waals surface area contributed by atoms with Gasteiger partial charge < -0.3 is 10.1 Å². The number of ether oxygens (including phenoxy) is 1. The molecule has 11 nitrogen and oxygen atoms in total. The van der Waals surface area contributed by atoms with Crippen molar-refractivity contribution in [3.05, 3.63) is 41.6 Å². The van der Waals surface area contributed by atoms with Crippen molar-refractivity contribution in [1.29, 1.82) is 0 Å². The first kappa shape index (κ1) is 22.9. The summed E-state index contributed by atoms with van der Waals surface area (Å²) in [5.41, 5.74) is 3.41. The van der Waals surface area contributed by atoms with Crippen LogP contribution in [0, 0.1) is 0 Å². The molecule has 13 heteroatoms. The molecule has 0 aliphatic carbocycles. The average Bonchev–Trinajstić information content (AvgIpc) is 3.49. The Bertz CT molecular complexity index is 1430. The third-order valence-electron chi connectivity index (χ3n) is 5.08. The van der Waals surface area contributed by atoms with Gasteiger partial charge in [0.2, 0.25) is 0 Å². The van der Waals surface area contributed by atoms with E-state index in [1.54, 1.807) is 56.1 Å². The first-order valence-corrected chi connectivity index (χ1v) is 12.2. The molecule has 0 atom stereocenters. The Morgan fingerprint density at radius 1 is 1.24 bits per heavy atom. The van der Waals surface area contributed by atoms with Crippen molar-refractivity contribution in [2.75, 3.05) is 7.11 Å². The molecule has 0 bridgehead atoms. The van der Waals surface area contributed by atoms with Gasteiger partial charge in [-0.05, 0) is 38.4 Å². The number of nitrogens with one attached hydrogen (secondary N) is 1. The summed E-state index contributed by atoms with van der Waals surface area (Å²) in [6, 6.07) is 3.19. The Labute approximate surface area is 194 Å². The average molecular weight is 490 g/mol. The fourth-order valence-electron chi connectivity index (χ4n) is 3.19. The number of fused-ring (bicyclic) bond motifs is 1. The number of pyridine rings is 1. The van der Waals surface area contributed by atoms with Gasteiger partial charge in [0.25, 0.3) is 5.91 Å². The van der Waals surface area contributed by atoms with Gasteiger partial charge in [-0.1, -0.05) is 0 Å². The number of nitrogens with zero attached hydrogens (tertiary/aromatic N) is 6. The molecule has 1 amide bonds. The van der Waals surface area contributed by atoms with Crippen molar-refractivity contribution < 1.29 is 17.9 Å². The minimum Gasteiger partial charge on any atom is -0.495 e. The first-order valence-electron chi connectivity index (χ1n) is 9.90. The number of rotatable bonds is 6. The summed E-state index contributed by atoms with van der Waals surface area (Å²) in [5, 5.41) is 7.20. The molecular formula is C20H23N7O4S2. The zero-order chi connectivity index (χ0) is 24.0. The number of aryl methyl sites for hydroxylation is 1. The maximum absolute atomic E-state index is 13.2. The van der Waals surface area contributed by atoms with E-state index in [0.717, 1.165) is 0 Å². The van der Waals surface area contributed by atoms with Gasteiger partial charge in [-0.15, -0.1) is 0 Å². The van der Waals surface area contributed by atoms with E-state index in [-0.39, 0.29) is 23.1 Å². The zero-order valence-corrected chi connectivity index (χ0v) is 20.4. The molecule has 0 saturated heterocycles. The molecule has 0 radical (unpaired) electrons. The number of carbonyl (C=O) groups is 1. The molecule has 4 heterocycles. The predicted octanol–water partition coefficient (Wildman–Crippen LogP) is 2.10. The fourth-order valence-corrected chi connectivity index (χ4v) is 4.95. The van der Waals surface area contributed by atoms with Crippen LogP contribution < -0.4 is 10.1 Å². The van der Waals surface area contributed by atoms with Gasteiger partial charge in [0.1, 0.15) is 33.2 Å². The summed E-state index contributed by atoms with van der Waals surface area (Å²) in [6.45, 7) is 5.09. The molecule has 174 valence electrons. The Kier molecular flexibility index (Phi) is 5.70. The highest BCUT2D eigenvalue weighted by Gasteiger charge is 2.34. The Hall–Kier alpha value is -3.32.